The van der Waals surface area contributed by atoms with Crippen molar-refractivity contribution in [2.45, 2.75) is 19.3 Å². The highest BCUT2D eigenvalue weighted by molar-refractivity contribution is 5.89. The molecule has 0 saturated heterocycles. The van der Waals surface area contributed by atoms with Crippen LogP contribution in [0.1, 0.15) is 36.1 Å². The average Bonchev–Trinajstić information content (AvgIpc) is 3.61. The zero-order valence-corrected chi connectivity index (χ0v) is 32.9. The van der Waals surface area contributed by atoms with Crippen molar-refractivity contribution < 1.29 is 0 Å². The van der Waals surface area contributed by atoms with Crippen LogP contribution in [0.4, 0.5) is 0 Å². The Morgan fingerprint density at radius 2 is 1.00 bits per heavy atom. The molecule has 0 radical (unpaired) electrons. The summed E-state index contributed by atoms with van der Waals surface area (Å²) in [5.74, 6) is 1.79. The zero-order chi connectivity index (χ0) is 40.2. The number of nitrogens with zero attached hydrogens (tertiary/aromatic N) is 4. The summed E-state index contributed by atoms with van der Waals surface area (Å²) in [5, 5.41) is 9.62. The molecule has 1 unspecified atom stereocenters. The Kier molecular flexibility index (Phi) is 10.0. The molecule has 0 fully saturated rings. The van der Waals surface area contributed by atoms with Gasteiger partial charge in [0.05, 0.1) is 17.0 Å². The molecule has 0 bridgehead atoms. The van der Waals surface area contributed by atoms with Gasteiger partial charge in [-0.3, -0.25) is 0 Å². The van der Waals surface area contributed by atoms with Gasteiger partial charge in [-0.05, 0) is 100 Å². The van der Waals surface area contributed by atoms with E-state index in [2.05, 4.69) is 128 Å². The van der Waals surface area contributed by atoms with E-state index in [1.54, 1.807) is 0 Å². The van der Waals surface area contributed by atoms with E-state index in [1.807, 2.05) is 97.9 Å². The number of allylic oxidation sites excluding steroid dienone is 6. The minimum Gasteiger partial charge on any atom is -0.208 e. The number of rotatable bonds is 9. The van der Waals surface area contributed by atoms with E-state index in [9.17, 15) is 5.26 Å². The van der Waals surface area contributed by atoms with Crippen molar-refractivity contribution in [1.29, 1.82) is 5.26 Å². The van der Waals surface area contributed by atoms with Gasteiger partial charge in [-0.2, -0.15) is 5.26 Å². The maximum atomic E-state index is 9.62. The number of nitriles is 1. The summed E-state index contributed by atoms with van der Waals surface area (Å²) in [6, 6.07) is 63.3. The second kappa shape index (κ2) is 16.0. The number of benzene rings is 7. The first-order chi connectivity index (χ1) is 29.1. The first-order valence-corrected chi connectivity index (χ1v) is 19.9. The molecule has 1 atom stereocenters. The molecule has 280 valence electrons. The van der Waals surface area contributed by atoms with Crippen molar-refractivity contribution in [2.24, 2.45) is 0 Å². The minimum atomic E-state index is -0.527. The molecule has 1 aliphatic rings. The van der Waals surface area contributed by atoms with Gasteiger partial charge in [0.2, 0.25) is 0 Å². The quantitative estimate of drug-likeness (QED) is 0.138. The van der Waals surface area contributed by atoms with Gasteiger partial charge in [-0.25, -0.2) is 15.0 Å². The monoisotopic (exact) mass is 756 g/mol. The lowest BCUT2D eigenvalue weighted by Crippen LogP contribution is -2.28. The summed E-state index contributed by atoms with van der Waals surface area (Å²) < 4.78 is 0. The van der Waals surface area contributed by atoms with Crippen molar-refractivity contribution >= 4 is 0 Å². The Bertz CT molecular complexity index is 2880. The lowest BCUT2D eigenvalue weighted by molar-refractivity contribution is 0.747. The number of fused-ring (bicyclic) bond motifs is 3. The van der Waals surface area contributed by atoms with Crippen molar-refractivity contribution in [1.82, 2.24) is 15.0 Å². The maximum Gasteiger partial charge on any atom is 0.164 e. The van der Waals surface area contributed by atoms with Crippen LogP contribution in [0.15, 0.2) is 212 Å². The largest absolute Gasteiger partial charge is 0.208 e. The van der Waals surface area contributed by atoms with Crippen LogP contribution in [0.3, 0.4) is 0 Å². The Hall–Kier alpha value is -7.74. The highest BCUT2D eigenvalue weighted by Gasteiger charge is 2.45. The predicted octanol–water partition coefficient (Wildman–Crippen LogP) is 13.5. The molecular weight excluding hydrogens is 717 g/mol. The molecule has 0 spiro atoms. The van der Waals surface area contributed by atoms with E-state index < -0.39 is 5.41 Å². The van der Waals surface area contributed by atoms with Crippen molar-refractivity contribution in [3.05, 3.63) is 234 Å². The van der Waals surface area contributed by atoms with Gasteiger partial charge in [0.15, 0.2) is 17.5 Å². The van der Waals surface area contributed by atoms with Crippen molar-refractivity contribution in [2.75, 3.05) is 0 Å². The Morgan fingerprint density at radius 1 is 0.475 bits per heavy atom. The second-order valence-corrected chi connectivity index (χ2v) is 14.7. The van der Waals surface area contributed by atoms with Crippen molar-refractivity contribution in [3.8, 4) is 73.6 Å². The van der Waals surface area contributed by atoms with Crippen LogP contribution in [0.25, 0.3) is 67.5 Å². The smallest absolute Gasteiger partial charge is 0.164 e. The molecule has 0 saturated carbocycles. The Morgan fingerprint density at radius 3 is 1.63 bits per heavy atom. The van der Waals surface area contributed by atoms with Crippen LogP contribution in [0, 0.1) is 11.3 Å². The zero-order valence-electron chi connectivity index (χ0n) is 32.9. The molecule has 9 rings (SSSR count). The van der Waals surface area contributed by atoms with Crippen molar-refractivity contribution in [3.63, 3.8) is 0 Å². The van der Waals surface area contributed by atoms with Gasteiger partial charge in [0.25, 0.3) is 0 Å². The molecule has 4 nitrogen and oxygen atoms in total. The average molecular weight is 757 g/mol. The predicted molar refractivity (Wildman–Crippen MR) is 241 cm³/mol. The topological polar surface area (TPSA) is 62.5 Å². The first-order valence-electron chi connectivity index (χ1n) is 19.9. The summed E-state index contributed by atoms with van der Waals surface area (Å²) in [6.45, 7) is 4.29. The van der Waals surface area contributed by atoms with Crippen LogP contribution in [0.5, 0.6) is 0 Å². The lowest BCUT2D eigenvalue weighted by Gasteiger charge is -2.34. The molecule has 0 amide bonds. The molecule has 8 aromatic rings. The molecule has 1 heterocycles. The number of aromatic nitrogens is 3. The fourth-order valence-electron chi connectivity index (χ4n) is 8.38. The summed E-state index contributed by atoms with van der Waals surface area (Å²) in [4.78, 5) is 15.2. The highest BCUT2D eigenvalue weighted by Crippen LogP contribution is 2.57. The first kappa shape index (κ1) is 36.9. The summed E-state index contributed by atoms with van der Waals surface area (Å²) in [7, 11) is 0. The maximum absolute atomic E-state index is 9.62. The fraction of sp³-hybridized carbons (Fsp3) is 0.0545. The standard InChI is InChI=1S/C55H40N4/c1-3-4-5-9-18-38(2)55(47-23-14-8-15-24-47)50-26-17-16-25-48(50)49-32-31-43(36-51(49)55)45-33-44(40-29-27-39(37-56)28-30-40)34-46(35-45)54-58-52(41-19-10-6-11-20-41)57-53(59-54)42-21-12-7-13-22-42/h3-36H,1-2H3/b4-3-,9-5-,38-18+. The van der Waals surface area contributed by atoms with E-state index in [-0.39, 0.29) is 0 Å². The second-order valence-electron chi connectivity index (χ2n) is 14.7. The van der Waals surface area contributed by atoms with E-state index >= 15 is 0 Å². The van der Waals surface area contributed by atoms with Gasteiger partial charge in [0.1, 0.15) is 0 Å². The third-order valence-corrected chi connectivity index (χ3v) is 11.2. The summed E-state index contributed by atoms with van der Waals surface area (Å²) >= 11 is 0. The van der Waals surface area contributed by atoms with Gasteiger partial charge in [-0.1, -0.05) is 175 Å². The van der Waals surface area contributed by atoms with Gasteiger partial charge in [0, 0.05) is 16.7 Å². The number of hydrogen-bond acceptors (Lipinski definition) is 4. The van der Waals surface area contributed by atoms with Gasteiger partial charge >= 0.3 is 0 Å². The van der Waals surface area contributed by atoms with Crippen LogP contribution < -0.4 is 0 Å². The molecule has 1 aliphatic carbocycles. The van der Waals surface area contributed by atoms with Gasteiger partial charge in [-0.15, -0.1) is 0 Å². The molecule has 1 aromatic heterocycles. The van der Waals surface area contributed by atoms with Crippen LogP contribution in [0.2, 0.25) is 0 Å². The molecule has 4 heteroatoms. The molecule has 59 heavy (non-hydrogen) atoms. The van der Waals surface area contributed by atoms with Gasteiger partial charge < -0.3 is 0 Å². The van der Waals surface area contributed by atoms with Crippen LogP contribution in [-0.4, -0.2) is 15.0 Å². The van der Waals surface area contributed by atoms with E-state index in [0.717, 1.165) is 38.9 Å². The summed E-state index contributed by atoms with van der Waals surface area (Å²) in [6.07, 6.45) is 10.6. The lowest BCUT2D eigenvalue weighted by atomic mass is 9.67. The SMILES string of the molecule is C\C=C/C=C\C=C(/C)C1(c2ccccc2)c2ccccc2-c2ccc(-c3cc(-c4ccc(C#N)cc4)cc(-c4nc(-c5ccccc5)nc(-c5ccccc5)n4)c3)cc21. The third kappa shape index (κ3) is 6.90. The molecule has 0 aliphatic heterocycles. The van der Waals surface area contributed by atoms with Crippen LogP contribution in [-0.2, 0) is 5.41 Å². The van der Waals surface area contributed by atoms with E-state index in [0.29, 0.717) is 23.0 Å². The highest BCUT2D eigenvalue weighted by atomic mass is 15.0. The van der Waals surface area contributed by atoms with E-state index in [1.165, 1.54) is 33.4 Å². The summed E-state index contributed by atoms with van der Waals surface area (Å²) in [5.41, 5.74) is 14.3. The molecular formula is C55H40N4. The molecule has 0 N–H and O–H groups in total. The third-order valence-electron chi connectivity index (χ3n) is 11.2. The fourth-order valence-corrected chi connectivity index (χ4v) is 8.38. The Balaban J connectivity index is 1.29. The van der Waals surface area contributed by atoms with Crippen LogP contribution >= 0.6 is 0 Å². The Labute approximate surface area is 345 Å². The normalized spacial score (nSPS) is 14.6. The number of hydrogen-bond donors (Lipinski definition) is 0. The van der Waals surface area contributed by atoms with E-state index in [4.69, 9.17) is 15.0 Å². The minimum absolute atomic E-state index is 0.527. The molecule has 7 aromatic carbocycles.